The Labute approximate surface area is 105 Å². The first kappa shape index (κ1) is 13.2. The average molecular weight is 258 g/mol. The molecular formula is C13H17F3N2. The zero-order valence-corrected chi connectivity index (χ0v) is 10.5. The SMILES string of the molecule is CC(C)N1CC(CN)c2cc(C(F)(F)F)ccc21. The van der Waals surface area contributed by atoms with Crippen molar-refractivity contribution in [3.63, 3.8) is 0 Å². The van der Waals surface area contributed by atoms with E-state index >= 15 is 0 Å². The molecule has 1 atom stereocenters. The molecule has 0 aromatic heterocycles. The van der Waals surface area contributed by atoms with Gasteiger partial charge in [0.05, 0.1) is 5.56 Å². The highest BCUT2D eigenvalue weighted by Gasteiger charge is 2.35. The first-order valence-corrected chi connectivity index (χ1v) is 6.02. The summed E-state index contributed by atoms with van der Waals surface area (Å²) in [6.45, 7) is 5.13. The van der Waals surface area contributed by atoms with Crippen LogP contribution in [0.4, 0.5) is 18.9 Å². The molecule has 0 bridgehead atoms. The average Bonchev–Trinajstić information content (AvgIpc) is 2.65. The lowest BCUT2D eigenvalue weighted by atomic mass is 9.99. The Morgan fingerprint density at radius 1 is 1.39 bits per heavy atom. The number of alkyl halides is 3. The summed E-state index contributed by atoms with van der Waals surface area (Å²) in [6.07, 6.45) is -4.29. The van der Waals surface area contributed by atoms with Crippen LogP contribution in [0.15, 0.2) is 18.2 Å². The van der Waals surface area contributed by atoms with E-state index < -0.39 is 11.7 Å². The summed E-state index contributed by atoms with van der Waals surface area (Å²) in [6, 6.07) is 4.22. The molecule has 5 heteroatoms. The summed E-state index contributed by atoms with van der Waals surface area (Å²) in [5.74, 6) is -0.00954. The molecule has 0 saturated carbocycles. The second kappa shape index (κ2) is 4.46. The van der Waals surface area contributed by atoms with Crippen molar-refractivity contribution in [2.75, 3.05) is 18.0 Å². The molecule has 2 N–H and O–H groups in total. The fourth-order valence-corrected chi connectivity index (χ4v) is 2.44. The largest absolute Gasteiger partial charge is 0.416 e. The number of anilines is 1. The molecule has 2 nitrogen and oxygen atoms in total. The van der Waals surface area contributed by atoms with Crippen LogP contribution < -0.4 is 10.6 Å². The van der Waals surface area contributed by atoms with Crippen LogP contribution in [0.3, 0.4) is 0 Å². The Balaban J connectivity index is 2.45. The minimum absolute atomic E-state index is 0.00954. The fraction of sp³-hybridized carbons (Fsp3) is 0.538. The molecule has 18 heavy (non-hydrogen) atoms. The van der Waals surface area contributed by atoms with Crippen LogP contribution in [-0.4, -0.2) is 19.1 Å². The van der Waals surface area contributed by atoms with E-state index in [0.717, 1.165) is 17.3 Å². The molecule has 1 aromatic carbocycles. The molecule has 0 radical (unpaired) electrons. The van der Waals surface area contributed by atoms with Crippen molar-refractivity contribution in [1.29, 1.82) is 0 Å². The summed E-state index contributed by atoms with van der Waals surface area (Å²) in [5, 5.41) is 0. The van der Waals surface area contributed by atoms with E-state index in [4.69, 9.17) is 5.73 Å². The Morgan fingerprint density at radius 3 is 2.56 bits per heavy atom. The number of hydrogen-bond donors (Lipinski definition) is 1. The molecule has 1 aliphatic heterocycles. The van der Waals surface area contributed by atoms with Crippen molar-refractivity contribution in [3.8, 4) is 0 Å². The molecule has 1 heterocycles. The van der Waals surface area contributed by atoms with Crippen molar-refractivity contribution >= 4 is 5.69 Å². The van der Waals surface area contributed by atoms with E-state index in [1.807, 2.05) is 13.8 Å². The van der Waals surface area contributed by atoms with Gasteiger partial charge in [-0.25, -0.2) is 0 Å². The van der Waals surface area contributed by atoms with Crippen molar-refractivity contribution in [3.05, 3.63) is 29.3 Å². The summed E-state index contributed by atoms with van der Waals surface area (Å²) >= 11 is 0. The van der Waals surface area contributed by atoms with Crippen LogP contribution in [0.2, 0.25) is 0 Å². The Hall–Kier alpha value is -1.23. The molecule has 100 valence electrons. The van der Waals surface area contributed by atoms with Crippen molar-refractivity contribution in [1.82, 2.24) is 0 Å². The first-order valence-electron chi connectivity index (χ1n) is 6.02. The van der Waals surface area contributed by atoms with Gasteiger partial charge in [0.1, 0.15) is 0 Å². The molecule has 0 aliphatic carbocycles. The number of rotatable bonds is 2. The third-order valence-corrected chi connectivity index (χ3v) is 3.43. The maximum Gasteiger partial charge on any atom is 0.416 e. The lowest BCUT2D eigenvalue weighted by molar-refractivity contribution is -0.137. The van der Waals surface area contributed by atoms with Gasteiger partial charge in [-0.05, 0) is 37.6 Å². The maximum atomic E-state index is 12.7. The molecule has 0 saturated heterocycles. The van der Waals surface area contributed by atoms with Gasteiger partial charge in [-0.3, -0.25) is 0 Å². The second-order valence-corrected chi connectivity index (χ2v) is 4.95. The number of nitrogens with two attached hydrogens (primary N) is 1. The zero-order chi connectivity index (χ0) is 13.5. The van der Waals surface area contributed by atoms with E-state index in [9.17, 15) is 13.2 Å². The van der Waals surface area contributed by atoms with Crippen molar-refractivity contribution in [2.24, 2.45) is 5.73 Å². The predicted molar refractivity (Wildman–Crippen MR) is 65.7 cm³/mol. The lowest BCUT2D eigenvalue weighted by Crippen LogP contribution is -2.30. The predicted octanol–water partition coefficient (Wildman–Crippen LogP) is 2.98. The maximum absolute atomic E-state index is 12.7. The molecule has 0 amide bonds. The lowest BCUT2D eigenvalue weighted by Gasteiger charge is -2.24. The number of nitrogens with zero attached hydrogens (tertiary/aromatic N) is 1. The van der Waals surface area contributed by atoms with Gasteiger partial charge in [-0.15, -0.1) is 0 Å². The van der Waals surface area contributed by atoms with Crippen LogP contribution in [0.25, 0.3) is 0 Å². The zero-order valence-electron chi connectivity index (χ0n) is 10.5. The van der Waals surface area contributed by atoms with Crippen LogP contribution >= 0.6 is 0 Å². The third kappa shape index (κ3) is 2.19. The third-order valence-electron chi connectivity index (χ3n) is 3.43. The molecule has 2 rings (SSSR count). The van der Waals surface area contributed by atoms with Gasteiger partial charge < -0.3 is 10.6 Å². The summed E-state index contributed by atoms with van der Waals surface area (Å²) in [7, 11) is 0. The minimum atomic E-state index is -4.29. The Bertz CT molecular complexity index is 440. The minimum Gasteiger partial charge on any atom is -0.368 e. The standard InChI is InChI=1S/C13H17F3N2/c1-8(2)18-7-9(6-17)11-5-10(13(14,15)16)3-4-12(11)18/h3-5,8-9H,6-7,17H2,1-2H3. The molecule has 1 aliphatic rings. The van der Waals surface area contributed by atoms with Gasteiger partial charge >= 0.3 is 6.18 Å². The number of fused-ring (bicyclic) bond motifs is 1. The van der Waals surface area contributed by atoms with E-state index in [-0.39, 0.29) is 12.0 Å². The molecular weight excluding hydrogens is 241 g/mol. The van der Waals surface area contributed by atoms with E-state index in [1.54, 1.807) is 6.07 Å². The Kier molecular flexibility index (Phi) is 3.27. The van der Waals surface area contributed by atoms with E-state index in [1.165, 1.54) is 6.07 Å². The van der Waals surface area contributed by atoms with Gasteiger partial charge in [0.25, 0.3) is 0 Å². The topological polar surface area (TPSA) is 29.3 Å². The molecule has 1 aromatic rings. The monoisotopic (exact) mass is 258 g/mol. The normalized spacial score (nSPS) is 19.5. The highest BCUT2D eigenvalue weighted by Crippen LogP contribution is 2.40. The molecule has 1 unspecified atom stereocenters. The van der Waals surface area contributed by atoms with Gasteiger partial charge in [0, 0.05) is 30.7 Å². The number of halogens is 3. The molecule has 0 fully saturated rings. The summed E-state index contributed by atoms with van der Waals surface area (Å²) < 4.78 is 38.1. The second-order valence-electron chi connectivity index (χ2n) is 4.95. The van der Waals surface area contributed by atoms with Crippen molar-refractivity contribution < 1.29 is 13.2 Å². The Morgan fingerprint density at radius 2 is 2.06 bits per heavy atom. The number of hydrogen-bond acceptors (Lipinski definition) is 2. The highest BCUT2D eigenvalue weighted by atomic mass is 19.4. The van der Waals surface area contributed by atoms with Crippen LogP contribution in [0.1, 0.15) is 30.9 Å². The van der Waals surface area contributed by atoms with E-state index in [0.29, 0.717) is 13.1 Å². The summed E-state index contributed by atoms with van der Waals surface area (Å²) in [4.78, 5) is 2.10. The molecule has 0 spiro atoms. The van der Waals surface area contributed by atoms with Gasteiger partial charge in [-0.2, -0.15) is 13.2 Å². The van der Waals surface area contributed by atoms with Gasteiger partial charge in [0.2, 0.25) is 0 Å². The number of benzene rings is 1. The highest BCUT2D eigenvalue weighted by molar-refractivity contribution is 5.62. The first-order chi connectivity index (χ1) is 8.34. The quantitative estimate of drug-likeness (QED) is 0.883. The van der Waals surface area contributed by atoms with Gasteiger partial charge in [-0.1, -0.05) is 0 Å². The van der Waals surface area contributed by atoms with Crippen molar-refractivity contribution in [2.45, 2.75) is 32.0 Å². The smallest absolute Gasteiger partial charge is 0.368 e. The summed E-state index contributed by atoms with van der Waals surface area (Å²) in [5.41, 5.74) is 6.68. The van der Waals surface area contributed by atoms with Crippen LogP contribution in [-0.2, 0) is 6.18 Å². The van der Waals surface area contributed by atoms with E-state index in [2.05, 4.69) is 4.90 Å². The fourth-order valence-electron chi connectivity index (χ4n) is 2.44. The van der Waals surface area contributed by atoms with Crippen LogP contribution in [0, 0.1) is 0 Å². The van der Waals surface area contributed by atoms with Crippen LogP contribution in [0.5, 0.6) is 0 Å². The van der Waals surface area contributed by atoms with Gasteiger partial charge in [0.15, 0.2) is 0 Å².